The second-order valence-corrected chi connectivity index (χ2v) is 8.72. The monoisotopic (exact) mass is 563 g/mol. The van der Waals surface area contributed by atoms with E-state index in [0.717, 1.165) is 31.4 Å². The van der Waals surface area contributed by atoms with Gasteiger partial charge in [0.2, 0.25) is 18.2 Å². The van der Waals surface area contributed by atoms with E-state index < -0.39 is 0 Å². The molecule has 230 valence electrons. The first kappa shape index (κ1) is 43.8. The lowest BCUT2D eigenvalue weighted by Crippen LogP contribution is -2.41. The van der Waals surface area contributed by atoms with Gasteiger partial charge in [0.25, 0.3) is 0 Å². The largest absolute Gasteiger partial charge is 0.372 e. The number of allylic oxidation sites excluding steroid dienone is 2. The molecule has 0 aromatic heterocycles. The number of nitrogens with one attached hydrogen (secondary N) is 2. The van der Waals surface area contributed by atoms with E-state index in [-0.39, 0.29) is 36.0 Å². The maximum Gasteiger partial charge on any atom is 0.226 e. The molecule has 40 heavy (non-hydrogen) atoms. The minimum atomic E-state index is -0.135. The number of carbonyl (C=O) groups excluding carboxylic acids is 5. The molecule has 1 atom stereocenters. The number of hydrogen-bond donors (Lipinski definition) is 3. The molecule has 0 heterocycles. The fraction of sp³-hybridized carbons (Fsp3) is 0.594. The highest BCUT2D eigenvalue weighted by molar-refractivity contribution is 5.92. The van der Waals surface area contributed by atoms with Crippen molar-refractivity contribution >= 4 is 36.0 Å². The van der Waals surface area contributed by atoms with Crippen molar-refractivity contribution in [3.05, 3.63) is 41.5 Å². The summed E-state index contributed by atoms with van der Waals surface area (Å²) in [6, 6.07) is 5.88. The van der Waals surface area contributed by atoms with Crippen molar-refractivity contribution in [3.63, 3.8) is 0 Å². The Morgan fingerprint density at radius 1 is 0.950 bits per heavy atom. The second-order valence-electron chi connectivity index (χ2n) is 8.72. The molecule has 0 aliphatic rings. The number of anilines is 1. The van der Waals surface area contributed by atoms with E-state index in [0.29, 0.717) is 19.1 Å². The molecule has 0 radical (unpaired) electrons. The lowest BCUT2D eigenvalue weighted by atomic mass is 9.99. The number of rotatable bonds is 13. The summed E-state index contributed by atoms with van der Waals surface area (Å²) >= 11 is 0. The number of carbonyl (C=O) groups is 5. The summed E-state index contributed by atoms with van der Waals surface area (Å²) in [4.78, 5) is 52.6. The molecule has 4 N–H and O–H groups in total. The molecule has 0 bridgehead atoms. The van der Waals surface area contributed by atoms with Crippen molar-refractivity contribution in [1.82, 2.24) is 5.32 Å². The van der Waals surface area contributed by atoms with E-state index in [1.807, 2.05) is 53.7 Å². The van der Waals surface area contributed by atoms with Gasteiger partial charge in [-0.25, -0.2) is 0 Å². The number of amides is 3. The molecule has 0 saturated carbocycles. The van der Waals surface area contributed by atoms with Gasteiger partial charge in [-0.15, -0.1) is 0 Å². The fourth-order valence-corrected chi connectivity index (χ4v) is 3.20. The molecule has 1 aromatic rings. The number of unbranched alkanes of at least 4 members (excludes halogenated alkanes) is 3. The standard InChI is InChI=1S/C22H36N2O2.C5H6O2.2C2H6.CH3NO/c1-6-8-9-10-11-21(25)24-20(16(3)4)15-22(26)23-19-13-12-18(7-2)17(5)14-19;1-5(7)3-2-4-6;2*1-2;2-1-3/h12-14,16,20H,6-11,15H2,1-5H3,(H,23,26)(H,24,25);2-4H,1H3;2*1-2H3;1H,(H2,2,3)/b;3-2-;;;. The quantitative estimate of drug-likeness (QED) is 0.143. The summed E-state index contributed by atoms with van der Waals surface area (Å²) in [6.45, 7) is 19.8. The van der Waals surface area contributed by atoms with E-state index in [9.17, 15) is 19.2 Å². The highest BCUT2D eigenvalue weighted by Gasteiger charge is 2.19. The molecule has 0 fully saturated rings. The van der Waals surface area contributed by atoms with Crippen molar-refractivity contribution < 1.29 is 24.0 Å². The van der Waals surface area contributed by atoms with E-state index >= 15 is 0 Å². The van der Waals surface area contributed by atoms with Crippen LogP contribution in [-0.2, 0) is 30.4 Å². The van der Waals surface area contributed by atoms with Crippen LogP contribution in [0.25, 0.3) is 0 Å². The first-order chi connectivity index (χ1) is 19.1. The van der Waals surface area contributed by atoms with E-state index in [4.69, 9.17) is 4.79 Å². The van der Waals surface area contributed by atoms with Crippen LogP contribution in [0.2, 0.25) is 0 Å². The van der Waals surface area contributed by atoms with E-state index in [1.165, 1.54) is 36.6 Å². The maximum absolute atomic E-state index is 12.4. The normalized spacial score (nSPS) is 10.1. The first-order valence-corrected chi connectivity index (χ1v) is 14.5. The van der Waals surface area contributed by atoms with Gasteiger partial charge in [-0.1, -0.05) is 80.7 Å². The number of nitrogens with two attached hydrogens (primary N) is 1. The number of primary amides is 1. The number of ketones is 1. The third-order valence-corrected chi connectivity index (χ3v) is 5.23. The van der Waals surface area contributed by atoms with Crippen LogP contribution in [0.5, 0.6) is 0 Å². The lowest BCUT2D eigenvalue weighted by Gasteiger charge is -2.22. The fourth-order valence-electron chi connectivity index (χ4n) is 3.20. The molecule has 1 aromatic carbocycles. The molecule has 0 spiro atoms. The molecule has 0 aliphatic carbocycles. The maximum atomic E-state index is 12.4. The Labute approximate surface area is 244 Å². The van der Waals surface area contributed by atoms with Crippen molar-refractivity contribution in [2.24, 2.45) is 11.7 Å². The molecule has 8 heteroatoms. The highest BCUT2D eigenvalue weighted by atomic mass is 16.2. The Bertz CT molecular complexity index is 836. The molecule has 8 nitrogen and oxygen atoms in total. The van der Waals surface area contributed by atoms with Crippen LogP contribution in [0, 0.1) is 12.8 Å². The van der Waals surface area contributed by atoms with Crippen LogP contribution >= 0.6 is 0 Å². The molecule has 0 saturated heterocycles. The lowest BCUT2D eigenvalue weighted by molar-refractivity contribution is -0.123. The van der Waals surface area contributed by atoms with Gasteiger partial charge < -0.3 is 16.4 Å². The Kier molecular flexibility index (Phi) is 34.9. The van der Waals surface area contributed by atoms with Crippen LogP contribution in [-0.4, -0.2) is 36.3 Å². The third-order valence-electron chi connectivity index (χ3n) is 5.23. The summed E-state index contributed by atoms with van der Waals surface area (Å²) in [5.74, 6) is 0.103. The van der Waals surface area contributed by atoms with Crippen molar-refractivity contribution in [2.45, 2.75) is 120 Å². The summed E-state index contributed by atoms with van der Waals surface area (Å²) in [5.41, 5.74) is 7.46. The topological polar surface area (TPSA) is 135 Å². The van der Waals surface area contributed by atoms with E-state index in [2.05, 4.69) is 43.2 Å². The molecular weight excluding hydrogens is 506 g/mol. The van der Waals surface area contributed by atoms with Gasteiger partial charge in [0.1, 0.15) is 6.29 Å². The van der Waals surface area contributed by atoms with Crippen molar-refractivity contribution in [1.29, 1.82) is 0 Å². The summed E-state index contributed by atoms with van der Waals surface area (Å²) in [7, 11) is 0. The number of aryl methyl sites for hydroxylation is 2. The van der Waals surface area contributed by atoms with Gasteiger partial charge in [0, 0.05) is 24.6 Å². The molecular formula is C32H57N3O5. The van der Waals surface area contributed by atoms with Gasteiger partial charge in [-0.3, -0.25) is 24.0 Å². The number of hydrogen-bond acceptors (Lipinski definition) is 5. The zero-order valence-corrected chi connectivity index (χ0v) is 26.8. The van der Waals surface area contributed by atoms with Crippen molar-refractivity contribution in [2.75, 3.05) is 5.32 Å². The van der Waals surface area contributed by atoms with E-state index in [1.54, 1.807) is 0 Å². The zero-order valence-electron chi connectivity index (χ0n) is 26.8. The van der Waals surface area contributed by atoms with Gasteiger partial charge in [0.05, 0.1) is 0 Å². The minimum Gasteiger partial charge on any atom is -0.372 e. The third kappa shape index (κ3) is 27.7. The average Bonchev–Trinajstić information content (AvgIpc) is 2.92. The smallest absolute Gasteiger partial charge is 0.226 e. The van der Waals surface area contributed by atoms with Gasteiger partial charge in [0.15, 0.2) is 5.78 Å². The second kappa shape index (κ2) is 31.9. The minimum absolute atomic E-state index is 0.0516. The summed E-state index contributed by atoms with van der Waals surface area (Å²) in [5, 5.41) is 6.00. The Hall–Kier alpha value is -3.29. The number of benzene rings is 1. The molecule has 3 amide bonds. The van der Waals surface area contributed by atoms with Crippen LogP contribution in [0.4, 0.5) is 5.69 Å². The Morgan fingerprint density at radius 2 is 1.52 bits per heavy atom. The summed E-state index contributed by atoms with van der Waals surface area (Å²) in [6.07, 6.45) is 9.37. The van der Waals surface area contributed by atoms with Crippen molar-refractivity contribution in [3.8, 4) is 0 Å². The van der Waals surface area contributed by atoms with Crippen LogP contribution in [0.15, 0.2) is 30.4 Å². The van der Waals surface area contributed by atoms with Crippen LogP contribution in [0.1, 0.15) is 112 Å². The van der Waals surface area contributed by atoms with Gasteiger partial charge in [-0.2, -0.15) is 0 Å². The highest BCUT2D eigenvalue weighted by Crippen LogP contribution is 2.17. The zero-order chi connectivity index (χ0) is 31.9. The first-order valence-electron chi connectivity index (χ1n) is 14.5. The molecule has 1 unspecified atom stereocenters. The van der Waals surface area contributed by atoms with Gasteiger partial charge in [-0.05, 0) is 68.0 Å². The molecule has 1 rings (SSSR count). The van der Waals surface area contributed by atoms with Gasteiger partial charge >= 0.3 is 0 Å². The summed E-state index contributed by atoms with van der Waals surface area (Å²) < 4.78 is 0. The molecule has 0 aliphatic heterocycles. The Balaban J connectivity index is -0.000000386. The SMILES string of the molecule is CC.CC.CC(=O)/C=C\C=O.CCCCCCC(=O)NC(CC(=O)Nc1ccc(CC)c(C)c1)C(C)C.NC=O. The number of aldehydes is 1. The average molecular weight is 564 g/mol. The van der Waals surface area contributed by atoms with Crippen LogP contribution in [0.3, 0.4) is 0 Å². The van der Waals surface area contributed by atoms with Crippen LogP contribution < -0.4 is 16.4 Å². The Morgan fingerprint density at radius 3 is 1.93 bits per heavy atom. The predicted octanol–water partition coefficient (Wildman–Crippen LogP) is 6.48. The predicted molar refractivity (Wildman–Crippen MR) is 168 cm³/mol.